The highest BCUT2D eigenvalue weighted by Crippen LogP contribution is 2.42. The fourth-order valence-corrected chi connectivity index (χ4v) is 3.49. The number of ether oxygens (including phenoxy) is 1. The standard InChI is InChI=1S/C20H17FN2O2/c21-12-7-11-8-13(10-22)25-19(11)18(9-12)16-5-1-4-15-14(16)3-2-6-17(15)20(23)24/h1-7,9,13H,8,10,22H2,(H2,23,24)/t13-/m1/s1. The Labute approximate surface area is 144 Å². The molecule has 0 saturated heterocycles. The maximum atomic E-state index is 14.2. The molecule has 4 rings (SSSR count). The fourth-order valence-electron chi connectivity index (χ4n) is 3.49. The summed E-state index contributed by atoms with van der Waals surface area (Å²) < 4.78 is 20.1. The van der Waals surface area contributed by atoms with Crippen molar-refractivity contribution in [3.63, 3.8) is 0 Å². The first-order valence-electron chi connectivity index (χ1n) is 8.09. The van der Waals surface area contributed by atoms with Crippen molar-refractivity contribution in [1.29, 1.82) is 0 Å². The molecule has 3 aromatic rings. The SMILES string of the molecule is NC[C@H]1Cc2cc(F)cc(-c3cccc4c(C(N)=O)cccc34)c2O1. The number of halogens is 1. The van der Waals surface area contributed by atoms with Crippen molar-refractivity contribution >= 4 is 16.7 Å². The van der Waals surface area contributed by atoms with Gasteiger partial charge in [-0.25, -0.2) is 4.39 Å². The quantitative estimate of drug-likeness (QED) is 0.772. The van der Waals surface area contributed by atoms with Gasteiger partial charge >= 0.3 is 0 Å². The highest BCUT2D eigenvalue weighted by Gasteiger charge is 2.26. The van der Waals surface area contributed by atoms with Gasteiger partial charge in [-0.3, -0.25) is 4.79 Å². The summed E-state index contributed by atoms with van der Waals surface area (Å²) in [7, 11) is 0. The van der Waals surface area contributed by atoms with Gasteiger partial charge in [0.1, 0.15) is 17.7 Å². The second-order valence-electron chi connectivity index (χ2n) is 6.19. The maximum absolute atomic E-state index is 14.2. The van der Waals surface area contributed by atoms with E-state index < -0.39 is 5.91 Å². The maximum Gasteiger partial charge on any atom is 0.249 e. The molecule has 0 spiro atoms. The van der Waals surface area contributed by atoms with E-state index in [9.17, 15) is 9.18 Å². The van der Waals surface area contributed by atoms with Crippen LogP contribution in [0.4, 0.5) is 4.39 Å². The van der Waals surface area contributed by atoms with Gasteiger partial charge in [0, 0.05) is 29.7 Å². The van der Waals surface area contributed by atoms with Crippen LogP contribution in [0.1, 0.15) is 15.9 Å². The highest BCUT2D eigenvalue weighted by atomic mass is 19.1. The predicted octanol–water partition coefficient (Wildman–Crippen LogP) is 3.01. The van der Waals surface area contributed by atoms with E-state index in [1.165, 1.54) is 12.1 Å². The lowest BCUT2D eigenvalue weighted by Crippen LogP contribution is -2.24. The van der Waals surface area contributed by atoms with E-state index in [4.69, 9.17) is 16.2 Å². The number of primary amides is 1. The van der Waals surface area contributed by atoms with Gasteiger partial charge in [0.25, 0.3) is 0 Å². The molecule has 0 radical (unpaired) electrons. The van der Waals surface area contributed by atoms with Crippen LogP contribution < -0.4 is 16.2 Å². The van der Waals surface area contributed by atoms with Gasteiger partial charge in [-0.2, -0.15) is 0 Å². The van der Waals surface area contributed by atoms with E-state index in [2.05, 4.69) is 0 Å². The first-order chi connectivity index (χ1) is 12.1. The molecule has 0 bridgehead atoms. The molecule has 25 heavy (non-hydrogen) atoms. The summed E-state index contributed by atoms with van der Waals surface area (Å²) >= 11 is 0. The molecular formula is C20H17FN2O2. The summed E-state index contributed by atoms with van der Waals surface area (Å²) in [4.78, 5) is 11.7. The van der Waals surface area contributed by atoms with E-state index in [0.717, 1.165) is 21.9 Å². The lowest BCUT2D eigenvalue weighted by molar-refractivity contribution is 0.100. The number of rotatable bonds is 3. The Morgan fingerprint density at radius 2 is 1.88 bits per heavy atom. The van der Waals surface area contributed by atoms with Crippen molar-refractivity contribution in [1.82, 2.24) is 0 Å². The molecular weight excluding hydrogens is 319 g/mol. The largest absolute Gasteiger partial charge is 0.488 e. The molecule has 1 aliphatic rings. The number of fused-ring (bicyclic) bond motifs is 2. The van der Waals surface area contributed by atoms with E-state index in [0.29, 0.717) is 29.8 Å². The van der Waals surface area contributed by atoms with Crippen LogP contribution in [0.5, 0.6) is 5.75 Å². The Balaban J connectivity index is 1.99. The normalized spacial score (nSPS) is 15.8. The Bertz CT molecular complexity index is 1000. The average molecular weight is 336 g/mol. The molecule has 0 saturated carbocycles. The Kier molecular flexibility index (Phi) is 3.66. The zero-order chi connectivity index (χ0) is 17.6. The third-order valence-corrected chi connectivity index (χ3v) is 4.60. The van der Waals surface area contributed by atoms with Gasteiger partial charge in [-0.05, 0) is 34.5 Å². The average Bonchev–Trinajstić information content (AvgIpc) is 3.02. The number of hydrogen-bond donors (Lipinski definition) is 2. The molecule has 1 heterocycles. The molecule has 0 aliphatic carbocycles. The molecule has 1 atom stereocenters. The van der Waals surface area contributed by atoms with Crippen molar-refractivity contribution < 1.29 is 13.9 Å². The van der Waals surface area contributed by atoms with Crippen LogP contribution in [0, 0.1) is 5.82 Å². The van der Waals surface area contributed by atoms with E-state index in [1.807, 2.05) is 24.3 Å². The van der Waals surface area contributed by atoms with Gasteiger partial charge in [-0.1, -0.05) is 30.3 Å². The highest BCUT2D eigenvalue weighted by molar-refractivity contribution is 6.10. The van der Waals surface area contributed by atoms with Gasteiger partial charge in [0.05, 0.1) is 0 Å². The number of hydrogen-bond acceptors (Lipinski definition) is 3. The van der Waals surface area contributed by atoms with Crippen molar-refractivity contribution in [2.45, 2.75) is 12.5 Å². The van der Waals surface area contributed by atoms with Crippen molar-refractivity contribution in [3.8, 4) is 16.9 Å². The van der Waals surface area contributed by atoms with Crippen LogP contribution >= 0.6 is 0 Å². The van der Waals surface area contributed by atoms with Gasteiger partial charge in [-0.15, -0.1) is 0 Å². The lowest BCUT2D eigenvalue weighted by Gasteiger charge is -2.14. The minimum absolute atomic E-state index is 0.147. The molecule has 126 valence electrons. The van der Waals surface area contributed by atoms with Crippen LogP contribution in [0.25, 0.3) is 21.9 Å². The summed E-state index contributed by atoms with van der Waals surface area (Å²) in [6.07, 6.45) is 0.445. The molecule has 5 heteroatoms. The minimum atomic E-state index is -0.494. The van der Waals surface area contributed by atoms with Gasteiger partial charge in [0.15, 0.2) is 0 Å². The summed E-state index contributed by atoms with van der Waals surface area (Å²) in [5.41, 5.74) is 13.9. The van der Waals surface area contributed by atoms with Gasteiger partial charge < -0.3 is 16.2 Å². The first kappa shape index (κ1) is 15.6. The van der Waals surface area contributed by atoms with Crippen molar-refractivity contribution in [2.75, 3.05) is 6.54 Å². The summed E-state index contributed by atoms with van der Waals surface area (Å²) in [5.74, 6) is -0.154. The number of carbonyl (C=O) groups excluding carboxylic acids is 1. The van der Waals surface area contributed by atoms with Crippen molar-refractivity contribution in [3.05, 3.63) is 65.5 Å². The van der Waals surface area contributed by atoms with Gasteiger partial charge in [0.2, 0.25) is 5.91 Å². The molecule has 4 nitrogen and oxygen atoms in total. The number of benzene rings is 3. The number of amides is 1. The number of carbonyl (C=O) groups is 1. The second-order valence-corrected chi connectivity index (χ2v) is 6.19. The topological polar surface area (TPSA) is 78.3 Å². The lowest BCUT2D eigenvalue weighted by atomic mass is 9.93. The predicted molar refractivity (Wildman–Crippen MR) is 95.0 cm³/mol. The monoisotopic (exact) mass is 336 g/mol. The second kappa shape index (κ2) is 5.86. The van der Waals surface area contributed by atoms with Crippen LogP contribution in [-0.4, -0.2) is 18.6 Å². The molecule has 0 fully saturated rings. The zero-order valence-corrected chi connectivity index (χ0v) is 13.5. The van der Waals surface area contributed by atoms with E-state index in [1.54, 1.807) is 12.1 Å². The smallest absolute Gasteiger partial charge is 0.249 e. The summed E-state index contributed by atoms with van der Waals surface area (Å²) in [6.45, 7) is 0.372. The number of nitrogens with two attached hydrogens (primary N) is 2. The molecule has 4 N–H and O–H groups in total. The molecule has 3 aromatic carbocycles. The Hall–Kier alpha value is -2.92. The van der Waals surface area contributed by atoms with E-state index >= 15 is 0 Å². The van der Waals surface area contributed by atoms with Crippen molar-refractivity contribution in [2.24, 2.45) is 11.5 Å². The molecule has 1 aliphatic heterocycles. The van der Waals surface area contributed by atoms with Crippen LogP contribution in [0.3, 0.4) is 0 Å². The van der Waals surface area contributed by atoms with Crippen LogP contribution in [0.15, 0.2) is 48.5 Å². The summed E-state index contributed by atoms with van der Waals surface area (Å²) in [6, 6.07) is 13.9. The zero-order valence-electron chi connectivity index (χ0n) is 13.5. The third-order valence-electron chi connectivity index (χ3n) is 4.60. The first-order valence-corrected chi connectivity index (χ1v) is 8.09. The molecule has 1 amide bonds. The fraction of sp³-hybridized carbons (Fsp3) is 0.150. The van der Waals surface area contributed by atoms with E-state index in [-0.39, 0.29) is 11.9 Å². The third kappa shape index (κ3) is 2.53. The van der Waals surface area contributed by atoms with Crippen LogP contribution in [-0.2, 0) is 6.42 Å². The Morgan fingerprint density at radius 3 is 2.64 bits per heavy atom. The molecule has 0 unspecified atom stereocenters. The molecule has 0 aromatic heterocycles. The van der Waals surface area contributed by atoms with Crippen LogP contribution in [0.2, 0.25) is 0 Å². The minimum Gasteiger partial charge on any atom is -0.488 e. The summed E-state index contributed by atoms with van der Waals surface area (Å²) in [5, 5.41) is 1.56. The Morgan fingerprint density at radius 1 is 1.12 bits per heavy atom.